The van der Waals surface area contributed by atoms with Gasteiger partial charge in [0.1, 0.15) is 5.75 Å². The van der Waals surface area contributed by atoms with Gasteiger partial charge in [0, 0.05) is 5.56 Å². The number of carbonyl (C=O) groups is 1. The van der Waals surface area contributed by atoms with E-state index in [1.54, 1.807) is 18.2 Å². The first-order chi connectivity index (χ1) is 5.63. The second-order valence-electron chi connectivity index (χ2n) is 2.62. The van der Waals surface area contributed by atoms with Crippen molar-refractivity contribution in [2.24, 2.45) is 0 Å². The lowest BCUT2D eigenvalue weighted by Crippen LogP contribution is -2.07. The molecule has 0 bridgehead atoms. The Labute approximate surface area is 70.3 Å². The van der Waals surface area contributed by atoms with Crippen molar-refractivity contribution in [2.75, 3.05) is 0 Å². The smallest absolute Gasteiger partial charge is 0.310 e. The highest BCUT2D eigenvalue weighted by atomic mass is 16.4. The summed E-state index contributed by atoms with van der Waals surface area (Å²) in [6, 6.07) is 6.45. The quantitative estimate of drug-likeness (QED) is 0.701. The van der Waals surface area contributed by atoms with Gasteiger partial charge in [0.15, 0.2) is 0 Å². The molecular formula is C9H10O3. The largest absolute Gasteiger partial charge is 0.508 e. The van der Waals surface area contributed by atoms with E-state index in [9.17, 15) is 9.90 Å². The van der Waals surface area contributed by atoms with Gasteiger partial charge >= 0.3 is 5.97 Å². The topological polar surface area (TPSA) is 57.5 Å². The molecule has 0 saturated carbocycles. The molecule has 64 valence electrons. The molecule has 0 unspecified atom stereocenters. The maximum atomic E-state index is 10.5. The van der Waals surface area contributed by atoms with Crippen LogP contribution in [0.15, 0.2) is 24.3 Å². The van der Waals surface area contributed by atoms with Gasteiger partial charge in [-0.1, -0.05) is 18.2 Å². The van der Waals surface area contributed by atoms with Gasteiger partial charge in [0.25, 0.3) is 0 Å². The Morgan fingerprint density at radius 1 is 1.42 bits per heavy atom. The standard InChI is InChI=1S/C9H10O3/c1-6(9(11)12)7-4-2-3-5-8(7)10/h2-6,10H,1H3,(H,11,12)/t6-/m0/s1. The van der Waals surface area contributed by atoms with Gasteiger partial charge < -0.3 is 10.2 Å². The van der Waals surface area contributed by atoms with Crippen LogP contribution in [0.25, 0.3) is 0 Å². The third-order valence-electron chi connectivity index (χ3n) is 1.77. The second kappa shape index (κ2) is 3.26. The molecule has 0 fully saturated rings. The van der Waals surface area contributed by atoms with E-state index in [0.717, 1.165) is 0 Å². The van der Waals surface area contributed by atoms with Crippen molar-refractivity contribution in [3.05, 3.63) is 29.8 Å². The Hall–Kier alpha value is -1.51. The van der Waals surface area contributed by atoms with E-state index in [-0.39, 0.29) is 5.75 Å². The summed E-state index contributed by atoms with van der Waals surface area (Å²) < 4.78 is 0. The number of aliphatic carboxylic acids is 1. The lowest BCUT2D eigenvalue weighted by Gasteiger charge is -2.07. The molecule has 1 atom stereocenters. The average molecular weight is 166 g/mol. The predicted octanol–water partition coefficient (Wildman–Crippen LogP) is 1.58. The summed E-state index contributed by atoms with van der Waals surface area (Å²) >= 11 is 0. The molecule has 1 aromatic rings. The molecule has 2 N–H and O–H groups in total. The van der Waals surface area contributed by atoms with Crippen LogP contribution in [0, 0.1) is 0 Å². The number of carboxylic acid groups (broad SMARTS) is 1. The summed E-state index contributed by atoms with van der Waals surface area (Å²) in [5.74, 6) is -1.56. The monoisotopic (exact) mass is 166 g/mol. The van der Waals surface area contributed by atoms with Gasteiger partial charge in [-0.3, -0.25) is 4.79 Å². The molecule has 0 aromatic heterocycles. The third kappa shape index (κ3) is 1.56. The van der Waals surface area contributed by atoms with Crippen LogP contribution in [-0.2, 0) is 4.79 Å². The Kier molecular flexibility index (Phi) is 2.33. The van der Waals surface area contributed by atoms with E-state index in [0.29, 0.717) is 5.56 Å². The molecule has 3 heteroatoms. The molecule has 0 aliphatic rings. The molecule has 1 rings (SSSR count). The van der Waals surface area contributed by atoms with Crippen LogP contribution in [0.5, 0.6) is 5.75 Å². The van der Waals surface area contributed by atoms with Crippen LogP contribution in [0.3, 0.4) is 0 Å². The first-order valence-corrected chi connectivity index (χ1v) is 3.63. The first-order valence-electron chi connectivity index (χ1n) is 3.63. The number of hydrogen-bond donors (Lipinski definition) is 2. The summed E-state index contributed by atoms with van der Waals surface area (Å²) in [5, 5.41) is 17.9. The van der Waals surface area contributed by atoms with Crippen LogP contribution >= 0.6 is 0 Å². The highest BCUT2D eigenvalue weighted by molar-refractivity contribution is 5.76. The molecule has 0 radical (unpaired) electrons. The van der Waals surface area contributed by atoms with Crippen molar-refractivity contribution < 1.29 is 15.0 Å². The van der Waals surface area contributed by atoms with E-state index in [1.807, 2.05) is 0 Å². The molecule has 3 nitrogen and oxygen atoms in total. The van der Waals surface area contributed by atoms with Crippen LogP contribution in [0.4, 0.5) is 0 Å². The average Bonchev–Trinajstić information content (AvgIpc) is 2.04. The minimum Gasteiger partial charge on any atom is -0.508 e. The Balaban J connectivity index is 3.02. The van der Waals surface area contributed by atoms with Crippen molar-refractivity contribution in [2.45, 2.75) is 12.8 Å². The number of benzene rings is 1. The summed E-state index contributed by atoms with van der Waals surface area (Å²) in [4.78, 5) is 10.5. The molecule has 0 spiro atoms. The highest BCUT2D eigenvalue weighted by Crippen LogP contribution is 2.24. The normalized spacial score (nSPS) is 12.4. The van der Waals surface area contributed by atoms with Crippen molar-refractivity contribution in [1.82, 2.24) is 0 Å². The fourth-order valence-corrected chi connectivity index (χ4v) is 0.987. The Morgan fingerprint density at radius 3 is 2.50 bits per heavy atom. The van der Waals surface area contributed by atoms with E-state index < -0.39 is 11.9 Å². The zero-order chi connectivity index (χ0) is 9.14. The molecular weight excluding hydrogens is 156 g/mol. The number of aromatic hydroxyl groups is 1. The van der Waals surface area contributed by atoms with Crippen LogP contribution in [0.1, 0.15) is 18.4 Å². The number of phenols is 1. The summed E-state index contributed by atoms with van der Waals surface area (Å²) in [6.07, 6.45) is 0. The van der Waals surface area contributed by atoms with Gasteiger partial charge in [0.05, 0.1) is 5.92 Å². The van der Waals surface area contributed by atoms with Crippen molar-refractivity contribution in [3.8, 4) is 5.75 Å². The van der Waals surface area contributed by atoms with Gasteiger partial charge in [-0.2, -0.15) is 0 Å². The molecule has 1 aromatic carbocycles. The fourth-order valence-electron chi connectivity index (χ4n) is 0.987. The lowest BCUT2D eigenvalue weighted by molar-refractivity contribution is -0.138. The van der Waals surface area contributed by atoms with Crippen LogP contribution in [-0.4, -0.2) is 16.2 Å². The maximum Gasteiger partial charge on any atom is 0.310 e. The zero-order valence-corrected chi connectivity index (χ0v) is 6.69. The van der Waals surface area contributed by atoms with Crippen molar-refractivity contribution in [3.63, 3.8) is 0 Å². The van der Waals surface area contributed by atoms with Crippen molar-refractivity contribution >= 4 is 5.97 Å². The third-order valence-corrected chi connectivity index (χ3v) is 1.77. The number of carboxylic acids is 1. The number of para-hydroxylation sites is 1. The summed E-state index contributed by atoms with van der Waals surface area (Å²) in [7, 11) is 0. The molecule has 0 aliphatic heterocycles. The Morgan fingerprint density at radius 2 is 2.00 bits per heavy atom. The van der Waals surface area contributed by atoms with Crippen LogP contribution in [0.2, 0.25) is 0 Å². The fraction of sp³-hybridized carbons (Fsp3) is 0.222. The number of rotatable bonds is 2. The number of phenolic OH excluding ortho intramolecular Hbond substituents is 1. The number of hydrogen-bond acceptors (Lipinski definition) is 2. The van der Waals surface area contributed by atoms with E-state index >= 15 is 0 Å². The predicted molar refractivity (Wildman–Crippen MR) is 44.2 cm³/mol. The molecule has 12 heavy (non-hydrogen) atoms. The molecule has 0 heterocycles. The molecule has 0 saturated heterocycles. The molecule has 0 aliphatic carbocycles. The molecule has 0 amide bonds. The minimum absolute atomic E-state index is 0.0346. The zero-order valence-electron chi connectivity index (χ0n) is 6.69. The van der Waals surface area contributed by atoms with Crippen molar-refractivity contribution in [1.29, 1.82) is 0 Å². The first kappa shape index (κ1) is 8.59. The maximum absolute atomic E-state index is 10.5. The van der Waals surface area contributed by atoms with Gasteiger partial charge in [-0.25, -0.2) is 0 Å². The van der Waals surface area contributed by atoms with E-state index in [2.05, 4.69) is 0 Å². The van der Waals surface area contributed by atoms with E-state index in [4.69, 9.17) is 5.11 Å². The van der Waals surface area contributed by atoms with E-state index in [1.165, 1.54) is 13.0 Å². The van der Waals surface area contributed by atoms with Gasteiger partial charge in [-0.15, -0.1) is 0 Å². The SMILES string of the molecule is C[C@H](C(=O)O)c1ccccc1O. The second-order valence-corrected chi connectivity index (χ2v) is 2.62. The Bertz CT molecular complexity index is 294. The van der Waals surface area contributed by atoms with Crippen LogP contribution < -0.4 is 0 Å². The minimum atomic E-state index is -0.934. The van der Waals surface area contributed by atoms with Gasteiger partial charge in [-0.05, 0) is 13.0 Å². The highest BCUT2D eigenvalue weighted by Gasteiger charge is 2.16. The summed E-state index contributed by atoms with van der Waals surface area (Å²) in [6.45, 7) is 1.54. The lowest BCUT2D eigenvalue weighted by atomic mass is 10.0. The summed E-state index contributed by atoms with van der Waals surface area (Å²) in [5.41, 5.74) is 0.449. The van der Waals surface area contributed by atoms with Gasteiger partial charge in [0.2, 0.25) is 0 Å².